The Hall–Kier alpha value is -3.94. The zero-order valence-corrected chi connectivity index (χ0v) is 17.8. The quantitative estimate of drug-likeness (QED) is 0.508. The standard InChI is InChI=1S/C23H23N5O3/c1-5-28-21-16(13-25-23(27-21)26-17-6-7-24-14(2)8-17)11-20(22(28)29)15-9-18(30-3)12-19(10-15)31-4/h6-13H,5H2,1-4H3,(H,24,25,26,27). The van der Waals surface area contributed by atoms with Crippen molar-refractivity contribution >= 4 is 22.7 Å². The molecule has 0 spiro atoms. The van der Waals surface area contributed by atoms with Gasteiger partial charge in [-0.15, -0.1) is 0 Å². The summed E-state index contributed by atoms with van der Waals surface area (Å²) in [7, 11) is 3.16. The third-order valence-corrected chi connectivity index (χ3v) is 4.96. The maximum absolute atomic E-state index is 13.3. The molecule has 4 aromatic rings. The molecule has 3 heterocycles. The molecule has 0 fully saturated rings. The Bertz CT molecular complexity index is 1290. The molecule has 0 bridgehead atoms. The number of nitrogens with one attached hydrogen (secondary N) is 1. The van der Waals surface area contributed by atoms with Crippen LogP contribution in [0.2, 0.25) is 0 Å². The number of ether oxygens (including phenoxy) is 2. The lowest BCUT2D eigenvalue weighted by molar-refractivity contribution is 0.394. The van der Waals surface area contributed by atoms with Crippen molar-refractivity contribution in [3.05, 3.63) is 64.8 Å². The second kappa shape index (κ2) is 8.43. The van der Waals surface area contributed by atoms with Gasteiger partial charge < -0.3 is 14.8 Å². The van der Waals surface area contributed by atoms with E-state index in [1.807, 2.05) is 38.1 Å². The average molecular weight is 417 g/mol. The first kappa shape index (κ1) is 20.3. The number of benzene rings is 1. The van der Waals surface area contributed by atoms with Gasteiger partial charge >= 0.3 is 0 Å². The number of aryl methyl sites for hydroxylation is 2. The van der Waals surface area contributed by atoms with Gasteiger partial charge in [0, 0.05) is 47.3 Å². The third-order valence-electron chi connectivity index (χ3n) is 4.96. The number of fused-ring (bicyclic) bond motifs is 1. The zero-order chi connectivity index (χ0) is 22.0. The molecule has 0 atom stereocenters. The van der Waals surface area contributed by atoms with Crippen LogP contribution in [-0.4, -0.2) is 33.7 Å². The van der Waals surface area contributed by atoms with Crippen LogP contribution >= 0.6 is 0 Å². The van der Waals surface area contributed by atoms with E-state index < -0.39 is 0 Å². The fraction of sp³-hybridized carbons (Fsp3) is 0.217. The Morgan fingerprint density at radius 1 is 1.03 bits per heavy atom. The Kier molecular flexibility index (Phi) is 5.53. The van der Waals surface area contributed by atoms with Crippen LogP contribution in [0.3, 0.4) is 0 Å². The second-order valence-electron chi connectivity index (χ2n) is 6.99. The predicted octanol–water partition coefficient (Wildman–Crippen LogP) is 3.94. The normalized spacial score (nSPS) is 10.8. The molecular weight excluding hydrogens is 394 g/mol. The SMILES string of the molecule is CCn1c(=O)c(-c2cc(OC)cc(OC)c2)cc2cnc(Nc3ccnc(C)c3)nc21. The minimum atomic E-state index is -0.144. The number of methoxy groups -OCH3 is 2. The lowest BCUT2D eigenvalue weighted by Gasteiger charge is -2.13. The van der Waals surface area contributed by atoms with Crippen LogP contribution in [-0.2, 0) is 6.54 Å². The lowest BCUT2D eigenvalue weighted by atomic mass is 10.1. The summed E-state index contributed by atoms with van der Waals surface area (Å²) in [5.41, 5.74) is 3.37. The summed E-state index contributed by atoms with van der Waals surface area (Å²) < 4.78 is 12.4. The van der Waals surface area contributed by atoms with Crippen LogP contribution in [0.15, 0.2) is 53.6 Å². The van der Waals surface area contributed by atoms with Crippen LogP contribution < -0.4 is 20.3 Å². The number of rotatable bonds is 6. The molecule has 158 valence electrons. The van der Waals surface area contributed by atoms with Gasteiger partial charge in [-0.1, -0.05) is 0 Å². The van der Waals surface area contributed by atoms with E-state index in [2.05, 4.69) is 20.3 Å². The highest BCUT2D eigenvalue weighted by atomic mass is 16.5. The van der Waals surface area contributed by atoms with E-state index in [9.17, 15) is 4.79 Å². The molecule has 0 saturated heterocycles. The van der Waals surface area contributed by atoms with Gasteiger partial charge in [0.25, 0.3) is 5.56 Å². The molecule has 3 aromatic heterocycles. The Morgan fingerprint density at radius 3 is 2.42 bits per heavy atom. The van der Waals surface area contributed by atoms with Crippen LogP contribution in [0.4, 0.5) is 11.6 Å². The molecule has 0 aliphatic carbocycles. The van der Waals surface area contributed by atoms with E-state index in [0.717, 1.165) is 16.8 Å². The molecule has 0 aliphatic rings. The van der Waals surface area contributed by atoms with Gasteiger partial charge in [0.15, 0.2) is 0 Å². The predicted molar refractivity (Wildman–Crippen MR) is 120 cm³/mol. The summed E-state index contributed by atoms with van der Waals surface area (Å²) in [6.45, 7) is 4.30. The van der Waals surface area contributed by atoms with Gasteiger partial charge in [-0.25, -0.2) is 4.98 Å². The molecule has 8 heteroatoms. The largest absolute Gasteiger partial charge is 0.497 e. The van der Waals surface area contributed by atoms with Crippen LogP contribution in [0.1, 0.15) is 12.6 Å². The molecule has 8 nitrogen and oxygen atoms in total. The van der Waals surface area contributed by atoms with Crippen molar-refractivity contribution in [2.45, 2.75) is 20.4 Å². The van der Waals surface area contributed by atoms with Gasteiger partial charge in [-0.3, -0.25) is 14.3 Å². The minimum Gasteiger partial charge on any atom is -0.497 e. The highest BCUT2D eigenvalue weighted by Crippen LogP contribution is 2.29. The maximum atomic E-state index is 13.3. The maximum Gasteiger partial charge on any atom is 0.260 e. The molecule has 0 radical (unpaired) electrons. The van der Waals surface area contributed by atoms with Crippen molar-refractivity contribution in [2.75, 3.05) is 19.5 Å². The molecule has 0 aliphatic heterocycles. The van der Waals surface area contributed by atoms with E-state index in [4.69, 9.17) is 9.47 Å². The number of hydrogen-bond donors (Lipinski definition) is 1. The summed E-state index contributed by atoms with van der Waals surface area (Å²) in [6.07, 6.45) is 3.43. The second-order valence-corrected chi connectivity index (χ2v) is 6.99. The Morgan fingerprint density at radius 2 is 1.77 bits per heavy atom. The highest BCUT2D eigenvalue weighted by molar-refractivity contribution is 5.82. The van der Waals surface area contributed by atoms with E-state index in [-0.39, 0.29) is 5.56 Å². The molecule has 0 unspecified atom stereocenters. The molecule has 31 heavy (non-hydrogen) atoms. The molecule has 1 N–H and O–H groups in total. The summed E-state index contributed by atoms with van der Waals surface area (Å²) in [5.74, 6) is 1.64. The van der Waals surface area contributed by atoms with Gasteiger partial charge in [0.2, 0.25) is 5.95 Å². The molecule has 0 saturated carbocycles. The Balaban J connectivity index is 1.84. The van der Waals surface area contributed by atoms with Crippen LogP contribution in [0.5, 0.6) is 11.5 Å². The van der Waals surface area contributed by atoms with Crippen molar-refractivity contribution in [3.8, 4) is 22.6 Å². The van der Waals surface area contributed by atoms with Crippen molar-refractivity contribution in [3.63, 3.8) is 0 Å². The van der Waals surface area contributed by atoms with E-state index in [1.54, 1.807) is 43.3 Å². The number of hydrogen-bond acceptors (Lipinski definition) is 7. The summed E-state index contributed by atoms with van der Waals surface area (Å²) in [6, 6.07) is 10.9. The number of pyridine rings is 2. The highest BCUT2D eigenvalue weighted by Gasteiger charge is 2.14. The molecule has 0 amide bonds. The van der Waals surface area contributed by atoms with Gasteiger partial charge in [-0.2, -0.15) is 4.98 Å². The number of nitrogens with zero attached hydrogens (tertiary/aromatic N) is 4. The van der Waals surface area contributed by atoms with Crippen molar-refractivity contribution in [1.82, 2.24) is 19.5 Å². The summed E-state index contributed by atoms with van der Waals surface area (Å²) in [5, 5.41) is 3.93. The topological polar surface area (TPSA) is 91.2 Å². The first-order valence-electron chi connectivity index (χ1n) is 9.86. The number of anilines is 2. The fourth-order valence-corrected chi connectivity index (χ4v) is 3.43. The average Bonchev–Trinajstić information content (AvgIpc) is 2.78. The first-order chi connectivity index (χ1) is 15.0. The van der Waals surface area contributed by atoms with Gasteiger partial charge in [0.05, 0.1) is 14.2 Å². The van der Waals surface area contributed by atoms with Crippen molar-refractivity contribution < 1.29 is 9.47 Å². The smallest absolute Gasteiger partial charge is 0.260 e. The van der Waals surface area contributed by atoms with Crippen molar-refractivity contribution in [1.29, 1.82) is 0 Å². The van der Waals surface area contributed by atoms with Gasteiger partial charge in [-0.05, 0) is 49.7 Å². The third kappa shape index (κ3) is 4.05. The molecule has 4 rings (SSSR count). The lowest BCUT2D eigenvalue weighted by Crippen LogP contribution is -2.22. The number of aromatic nitrogens is 4. The Labute approximate surface area is 179 Å². The van der Waals surface area contributed by atoms with E-state index in [0.29, 0.717) is 40.8 Å². The fourth-order valence-electron chi connectivity index (χ4n) is 3.43. The van der Waals surface area contributed by atoms with Crippen molar-refractivity contribution in [2.24, 2.45) is 0 Å². The minimum absolute atomic E-state index is 0.144. The molecular formula is C23H23N5O3. The van der Waals surface area contributed by atoms with Gasteiger partial charge in [0.1, 0.15) is 17.1 Å². The molecule has 1 aromatic carbocycles. The van der Waals surface area contributed by atoms with E-state index in [1.165, 1.54) is 0 Å². The van der Waals surface area contributed by atoms with Crippen LogP contribution in [0.25, 0.3) is 22.2 Å². The first-order valence-corrected chi connectivity index (χ1v) is 9.86. The monoisotopic (exact) mass is 417 g/mol. The van der Waals surface area contributed by atoms with Crippen LogP contribution in [0, 0.1) is 6.92 Å². The zero-order valence-electron chi connectivity index (χ0n) is 17.8. The summed E-state index contributed by atoms with van der Waals surface area (Å²) >= 11 is 0. The van der Waals surface area contributed by atoms with E-state index >= 15 is 0 Å². The summed E-state index contributed by atoms with van der Waals surface area (Å²) in [4.78, 5) is 26.5.